The monoisotopic (exact) mass is 533 g/mol. The van der Waals surface area contributed by atoms with Crippen LogP contribution >= 0.6 is 10.6 Å². The van der Waals surface area contributed by atoms with Crippen LogP contribution in [0.1, 0.15) is 52.7 Å². The number of amides is 2. The van der Waals surface area contributed by atoms with Gasteiger partial charge in [0.15, 0.2) is 5.82 Å². The van der Waals surface area contributed by atoms with Crippen molar-refractivity contribution in [2.75, 3.05) is 42.3 Å². The number of hydrogen-bond acceptors (Lipinski definition) is 8. The Morgan fingerprint density at radius 1 is 1.24 bits per heavy atom. The molecule has 2 heterocycles. The molecule has 11 heteroatoms. The summed E-state index contributed by atoms with van der Waals surface area (Å²) in [6.07, 6.45) is 1.51. The van der Waals surface area contributed by atoms with E-state index in [2.05, 4.69) is 22.5 Å². The summed E-state index contributed by atoms with van der Waals surface area (Å²) in [5.41, 5.74) is 1.03. The highest BCUT2D eigenvalue weighted by molar-refractivity contribution is 8.25. The van der Waals surface area contributed by atoms with E-state index in [9.17, 15) is 19.0 Å². The molecule has 4 rings (SSSR count). The van der Waals surface area contributed by atoms with Gasteiger partial charge < -0.3 is 25.4 Å². The summed E-state index contributed by atoms with van der Waals surface area (Å²) in [5.74, 6) is 1.32. The second-order valence-electron chi connectivity index (χ2n) is 10.5. The summed E-state index contributed by atoms with van der Waals surface area (Å²) < 4.78 is 27.3. The van der Waals surface area contributed by atoms with Gasteiger partial charge in [-0.25, -0.2) is 14.8 Å². The predicted molar refractivity (Wildman–Crippen MR) is 147 cm³/mol. The minimum atomic E-state index is -3.07. The number of anilines is 2. The lowest BCUT2D eigenvalue weighted by atomic mass is 10.1. The minimum Gasteiger partial charge on any atom is -0.390 e. The Labute approximate surface area is 220 Å². The number of morpholine rings is 1. The molecule has 2 aromatic rings. The first-order valence-electron chi connectivity index (χ1n) is 12.8. The molecule has 1 aliphatic carbocycles. The third kappa shape index (κ3) is 6.35. The Balaban J connectivity index is 1.70. The summed E-state index contributed by atoms with van der Waals surface area (Å²) in [5, 5.41) is 15.7. The molecule has 10 nitrogen and oxygen atoms in total. The van der Waals surface area contributed by atoms with Crippen LogP contribution < -0.4 is 15.5 Å². The normalized spacial score (nSPS) is 19.9. The van der Waals surface area contributed by atoms with Crippen LogP contribution in [0.2, 0.25) is 0 Å². The molecule has 5 N–H and O–H groups in total. The van der Waals surface area contributed by atoms with E-state index in [0.717, 1.165) is 11.4 Å². The van der Waals surface area contributed by atoms with Crippen LogP contribution in [-0.2, 0) is 9.48 Å². The van der Waals surface area contributed by atoms with Crippen LogP contribution in [0.5, 0.6) is 0 Å². The quantitative estimate of drug-likeness (QED) is 0.319. The van der Waals surface area contributed by atoms with Crippen LogP contribution in [0.3, 0.4) is 0 Å². The van der Waals surface area contributed by atoms with Gasteiger partial charge in [0, 0.05) is 36.2 Å². The molecule has 0 spiro atoms. The fourth-order valence-electron chi connectivity index (χ4n) is 4.50. The molecule has 2 aliphatic rings. The number of ether oxygens (including phenoxy) is 1. The number of nitrogens with zero attached hydrogens (tertiary/aromatic N) is 3. The number of hydrogen-bond donors (Lipinski definition) is 5. The molecule has 0 radical (unpaired) electrons. The molecular weight excluding hydrogens is 494 g/mol. The van der Waals surface area contributed by atoms with Crippen molar-refractivity contribution in [3.8, 4) is 11.4 Å². The molecule has 2 amide bonds. The van der Waals surface area contributed by atoms with E-state index in [4.69, 9.17) is 14.7 Å². The molecule has 0 bridgehead atoms. The maximum Gasteiger partial charge on any atom is 0.319 e. The number of nitrogens with one attached hydrogen (secondary N) is 2. The lowest BCUT2D eigenvalue weighted by Crippen LogP contribution is -2.44. The van der Waals surface area contributed by atoms with Gasteiger partial charge in [0.25, 0.3) is 0 Å². The van der Waals surface area contributed by atoms with Crippen LogP contribution in [0, 0.1) is 0 Å². The lowest BCUT2D eigenvalue weighted by Gasteiger charge is -2.42. The molecule has 1 aliphatic heterocycles. The fourth-order valence-corrected chi connectivity index (χ4v) is 6.87. The Morgan fingerprint density at radius 3 is 2.54 bits per heavy atom. The Hall–Kier alpha value is -2.44. The zero-order valence-corrected chi connectivity index (χ0v) is 22.8. The number of carbonyl (C=O) groups is 1. The van der Waals surface area contributed by atoms with Gasteiger partial charge in [-0.05, 0) is 71.2 Å². The van der Waals surface area contributed by atoms with Crippen molar-refractivity contribution < 1.29 is 23.7 Å². The van der Waals surface area contributed by atoms with Gasteiger partial charge in [-0.15, -0.1) is 0 Å². The average Bonchev–Trinajstić information content (AvgIpc) is 3.66. The molecule has 1 aromatic heterocycles. The number of benzene rings is 1. The van der Waals surface area contributed by atoms with Gasteiger partial charge in [0.2, 0.25) is 0 Å². The first-order chi connectivity index (χ1) is 17.4. The number of aliphatic hydroxyl groups is 1. The highest BCUT2D eigenvalue weighted by Crippen LogP contribution is 2.72. The zero-order valence-electron chi connectivity index (χ0n) is 22.0. The van der Waals surface area contributed by atoms with Crippen molar-refractivity contribution in [2.24, 2.45) is 0 Å². The zero-order chi connectivity index (χ0) is 26.8. The Bertz CT molecular complexity index is 1100. The molecule has 37 heavy (non-hydrogen) atoms. The van der Waals surface area contributed by atoms with E-state index in [0.29, 0.717) is 56.4 Å². The van der Waals surface area contributed by atoms with Crippen LogP contribution in [0.4, 0.5) is 16.3 Å². The van der Waals surface area contributed by atoms with E-state index in [1.807, 2.05) is 25.1 Å². The van der Waals surface area contributed by atoms with Crippen molar-refractivity contribution in [1.29, 1.82) is 0 Å². The predicted octanol–water partition coefficient (Wildman–Crippen LogP) is 4.41. The lowest BCUT2D eigenvalue weighted by molar-refractivity contribution is 0.0765. The first-order valence-corrected chi connectivity index (χ1v) is 14.5. The summed E-state index contributed by atoms with van der Waals surface area (Å²) in [6.45, 7) is 9.66. The Kier molecular flexibility index (Phi) is 8.01. The average molecular weight is 534 g/mol. The summed E-state index contributed by atoms with van der Waals surface area (Å²) in [7, 11) is -3.07. The molecular formula is C26H39N5O5S. The smallest absolute Gasteiger partial charge is 0.319 e. The van der Waals surface area contributed by atoms with Crippen LogP contribution in [0.15, 0.2) is 30.3 Å². The second kappa shape index (κ2) is 10.7. The maximum absolute atomic E-state index is 11.9. The van der Waals surface area contributed by atoms with Crippen molar-refractivity contribution >= 4 is 28.1 Å². The standard InChI is InChI=1S/C26H39N5O5S/c1-5-27-24(32)28-20-8-6-19(7-9-20)23-29-21(16-22(30-23)31-13-14-36-17-18(31)2)26(10-11-26)37(34,35)15-12-25(3,4)33/h6-9,16,18,33-35H,5,10-15,17H2,1-4H3,(H2,27,28,32)/t18-/m0/s1. The van der Waals surface area contributed by atoms with Crippen molar-refractivity contribution in [3.63, 3.8) is 0 Å². The summed E-state index contributed by atoms with van der Waals surface area (Å²) in [4.78, 5) is 23.8. The highest BCUT2D eigenvalue weighted by Gasteiger charge is 2.56. The summed E-state index contributed by atoms with van der Waals surface area (Å²) >= 11 is 0. The molecule has 204 valence electrons. The van der Waals surface area contributed by atoms with Gasteiger partial charge in [-0.2, -0.15) is 10.6 Å². The molecule has 2 fully saturated rings. The van der Waals surface area contributed by atoms with Gasteiger partial charge >= 0.3 is 6.03 Å². The molecule has 1 aromatic carbocycles. The first kappa shape index (κ1) is 27.6. The fraction of sp³-hybridized carbons (Fsp3) is 0.577. The van der Waals surface area contributed by atoms with E-state index >= 15 is 0 Å². The highest BCUT2D eigenvalue weighted by atomic mass is 32.3. The largest absolute Gasteiger partial charge is 0.390 e. The van der Waals surface area contributed by atoms with Gasteiger partial charge in [0.1, 0.15) is 10.6 Å². The summed E-state index contributed by atoms with van der Waals surface area (Å²) in [6, 6.07) is 9.01. The third-order valence-corrected chi connectivity index (χ3v) is 9.55. The number of rotatable bonds is 9. The SMILES string of the molecule is CCNC(=O)Nc1ccc(-c2nc(N3CCOC[C@@H]3C)cc(C3(S(O)(O)CCC(C)(C)O)CC3)n2)cc1. The van der Waals surface area contributed by atoms with Gasteiger partial charge in [-0.3, -0.25) is 9.11 Å². The van der Waals surface area contributed by atoms with Crippen molar-refractivity contribution in [3.05, 3.63) is 36.0 Å². The number of urea groups is 1. The maximum atomic E-state index is 11.9. The topological polar surface area (TPSA) is 140 Å². The van der Waals surface area contributed by atoms with Gasteiger partial charge in [0.05, 0.1) is 30.6 Å². The van der Waals surface area contributed by atoms with Crippen LogP contribution in [-0.4, -0.2) is 73.9 Å². The number of carbonyl (C=O) groups excluding carboxylic acids is 1. The molecule has 1 saturated carbocycles. The van der Waals surface area contributed by atoms with Crippen LogP contribution in [0.25, 0.3) is 11.4 Å². The van der Waals surface area contributed by atoms with E-state index < -0.39 is 20.9 Å². The van der Waals surface area contributed by atoms with E-state index in [-0.39, 0.29) is 24.2 Å². The molecule has 0 unspecified atom stereocenters. The Morgan fingerprint density at radius 2 is 1.95 bits per heavy atom. The second-order valence-corrected chi connectivity index (χ2v) is 13.1. The van der Waals surface area contributed by atoms with Gasteiger partial charge in [-0.1, -0.05) is 0 Å². The van der Waals surface area contributed by atoms with Crippen molar-refractivity contribution in [2.45, 2.75) is 63.3 Å². The molecule has 1 atom stereocenters. The number of aromatic nitrogens is 2. The minimum absolute atomic E-state index is 0.110. The van der Waals surface area contributed by atoms with Crippen molar-refractivity contribution in [1.82, 2.24) is 15.3 Å². The van der Waals surface area contributed by atoms with E-state index in [1.54, 1.807) is 26.0 Å². The molecule has 1 saturated heterocycles. The van der Waals surface area contributed by atoms with E-state index in [1.165, 1.54) is 0 Å². The third-order valence-electron chi connectivity index (χ3n) is 6.91.